The number of aliphatic hydroxyl groups is 1. The third-order valence-electron chi connectivity index (χ3n) is 4.80. The number of aliphatic hydroxyl groups excluding tert-OH is 1. The Balaban J connectivity index is 1.34. The summed E-state index contributed by atoms with van der Waals surface area (Å²) < 4.78 is 0. The molecule has 3 heterocycles. The van der Waals surface area contributed by atoms with Crippen molar-refractivity contribution in [1.29, 1.82) is 0 Å². The van der Waals surface area contributed by atoms with Crippen LogP contribution < -0.4 is 5.32 Å². The summed E-state index contributed by atoms with van der Waals surface area (Å²) in [5, 5.41) is 14.9. The van der Waals surface area contributed by atoms with Gasteiger partial charge in [0.15, 0.2) is 0 Å². The fourth-order valence-electron chi connectivity index (χ4n) is 3.51. The van der Waals surface area contributed by atoms with Crippen LogP contribution in [0.2, 0.25) is 0 Å². The van der Waals surface area contributed by atoms with Crippen molar-refractivity contribution in [3.63, 3.8) is 0 Å². The second-order valence-electron chi connectivity index (χ2n) is 6.60. The van der Waals surface area contributed by atoms with Crippen LogP contribution in [0.1, 0.15) is 34.8 Å². The zero-order valence-corrected chi connectivity index (χ0v) is 14.5. The molecule has 7 heteroatoms. The number of fused-ring (bicyclic) bond motifs is 1. The SMILES string of the molecule is OC1CN(Cc2nc3c(s2)CCCC3)CCC1Nc1ncccn1. The molecule has 0 amide bonds. The van der Waals surface area contributed by atoms with E-state index in [9.17, 15) is 5.11 Å². The van der Waals surface area contributed by atoms with Crippen LogP contribution in [0.15, 0.2) is 18.5 Å². The number of β-amino-alcohol motifs (C(OH)–C–C–N with tert-alkyl or cyclic N) is 1. The zero-order valence-electron chi connectivity index (χ0n) is 13.7. The number of nitrogens with zero attached hydrogens (tertiary/aromatic N) is 4. The van der Waals surface area contributed by atoms with E-state index in [1.54, 1.807) is 18.5 Å². The molecule has 0 bridgehead atoms. The number of aromatic nitrogens is 3. The molecule has 0 saturated carbocycles. The Kier molecular flexibility index (Phi) is 4.73. The van der Waals surface area contributed by atoms with E-state index in [1.165, 1.54) is 34.8 Å². The predicted octanol–water partition coefficient (Wildman–Crippen LogP) is 1.86. The molecule has 1 fully saturated rings. The van der Waals surface area contributed by atoms with Crippen LogP contribution in [0.25, 0.3) is 0 Å². The fraction of sp³-hybridized carbons (Fsp3) is 0.588. The van der Waals surface area contributed by atoms with Crippen LogP contribution >= 0.6 is 11.3 Å². The topological polar surface area (TPSA) is 74.2 Å². The van der Waals surface area contributed by atoms with Gasteiger partial charge < -0.3 is 10.4 Å². The van der Waals surface area contributed by atoms with Crippen LogP contribution in [0.5, 0.6) is 0 Å². The van der Waals surface area contributed by atoms with E-state index in [4.69, 9.17) is 4.98 Å². The average molecular weight is 345 g/mol. The molecule has 2 N–H and O–H groups in total. The van der Waals surface area contributed by atoms with Crippen molar-refractivity contribution >= 4 is 17.3 Å². The molecule has 1 aliphatic carbocycles. The lowest BCUT2D eigenvalue weighted by molar-refractivity contribution is 0.0559. The maximum Gasteiger partial charge on any atom is 0.222 e. The number of rotatable bonds is 4. The number of hydrogen-bond donors (Lipinski definition) is 2. The van der Waals surface area contributed by atoms with Gasteiger partial charge in [-0.15, -0.1) is 11.3 Å². The van der Waals surface area contributed by atoms with E-state index in [0.717, 1.165) is 25.9 Å². The first-order valence-corrected chi connectivity index (χ1v) is 9.51. The molecule has 2 atom stereocenters. The zero-order chi connectivity index (χ0) is 16.4. The lowest BCUT2D eigenvalue weighted by Gasteiger charge is -2.35. The van der Waals surface area contributed by atoms with Crippen LogP contribution in [0, 0.1) is 0 Å². The molecule has 0 aromatic carbocycles. The van der Waals surface area contributed by atoms with Crippen molar-refractivity contribution in [1.82, 2.24) is 19.9 Å². The Morgan fingerprint density at radius 3 is 2.88 bits per heavy atom. The van der Waals surface area contributed by atoms with Gasteiger partial charge in [-0.25, -0.2) is 15.0 Å². The van der Waals surface area contributed by atoms with E-state index in [-0.39, 0.29) is 6.04 Å². The summed E-state index contributed by atoms with van der Waals surface area (Å²) in [4.78, 5) is 17.0. The standard InChI is InChI=1S/C17H23N5OS/c23-14-10-22(9-6-12(14)21-17-18-7-3-8-19-17)11-16-20-13-4-1-2-5-15(13)24-16/h3,7-8,12,14,23H,1-2,4-6,9-11H2,(H,18,19,21). The summed E-state index contributed by atoms with van der Waals surface area (Å²) in [6.07, 6.45) is 8.78. The lowest BCUT2D eigenvalue weighted by Crippen LogP contribution is -2.49. The second kappa shape index (κ2) is 7.13. The minimum Gasteiger partial charge on any atom is -0.390 e. The van der Waals surface area contributed by atoms with E-state index >= 15 is 0 Å². The van der Waals surface area contributed by atoms with Crippen LogP contribution in [0.3, 0.4) is 0 Å². The minimum absolute atomic E-state index is 0.00755. The monoisotopic (exact) mass is 345 g/mol. The van der Waals surface area contributed by atoms with Crippen molar-refractivity contribution < 1.29 is 5.11 Å². The molecule has 2 aromatic rings. The van der Waals surface area contributed by atoms with Gasteiger partial charge in [0.25, 0.3) is 0 Å². The quantitative estimate of drug-likeness (QED) is 0.881. The van der Waals surface area contributed by atoms with Gasteiger partial charge in [0.05, 0.1) is 24.4 Å². The van der Waals surface area contributed by atoms with Crippen molar-refractivity contribution in [3.8, 4) is 0 Å². The number of likely N-dealkylation sites (tertiary alicyclic amines) is 1. The molecule has 4 rings (SSSR count). The average Bonchev–Trinajstić information content (AvgIpc) is 3.00. The van der Waals surface area contributed by atoms with Crippen molar-refractivity contribution in [2.45, 2.75) is 50.8 Å². The first-order chi connectivity index (χ1) is 11.8. The second-order valence-corrected chi connectivity index (χ2v) is 7.77. The van der Waals surface area contributed by atoms with Crippen molar-refractivity contribution in [2.24, 2.45) is 0 Å². The Morgan fingerprint density at radius 2 is 2.08 bits per heavy atom. The highest BCUT2D eigenvalue weighted by Gasteiger charge is 2.29. The largest absolute Gasteiger partial charge is 0.390 e. The Labute approximate surface area is 146 Å². The molecular weight excluding hydrogens is 322 g/mol. The summed E-state index contributed by atoms with van der Waals surface area (Å²) in [6.45, 7) is 2.46. The first kappa shape index (κ1) is 15.9. The highest BCUT2D eigenvalue weighted by atomic mass is 32.1. The molecule has 2 aliphatic rings. The summed E-state index contributed by atoms with van der Waals surface area (Å²) in [5.41, 5.74) is 1.32. The van der Waals surface area contributed by atoms with Crippen molar-refractivity contribution in [3.05, 3.63) is 34.0 Å². The number of anilines is 1. The van der Waals surface area contributed by atoms with E-state index in [0.29, 0.717) is 12.5 Å². The first-order valence-electron chi connectivity index (χ1n) is 8.69. The molecule has 0 radical (unpaired) electrons. The van der Waals surface area contributed by atoms with Gasteiger partial charge in [-0.2, -0.15) is 0 Å². The van der Waals surface area contributed by atoms with Gasteiger partial charge in [-0.05, 0) is 38.2 Å². The molecule has 24 heavy (non-hydrogen) atoms. The smallest absolute Gasteiger partial charge is 0.222 e. The van der Waals surface area contributed by atoms with Gasteiger partial charge in [0, 0.05) is 30.4 Å². The number of thiazole rings is 1. The van der Waals surface area contributed by atoms with Gasteiger partial charge in [0.2, 0.25) is 5.95 Å². The molecule has 2 aromatic heterocycles. The third kappa shape index (κ3) is 3.58. The summed E-state index contributed by atoms with van der Waals surface area (Å²) in [7, 11) is 0. The highest BCUT2D eigenvalue weighted by molar-refractivity contribution is 7.11. The summed E-state index contributed by atoms with van der Waals surface area (Å²) in [5.74, 6) is 0.586. The number of hydrogen-bond acceptors (Lipinski definition) is 7. The molecule has 2 unspecified atom stereocenters. The Morgan fingerprint density at radius 1 is 1.25 bits per heavy atom. The number of aryl methyl sites for hydroxylation is 2. The predicted molar refractivity (Wildman–Crippen MR) is 94.1 cm³/mol. The van der Waals surface area contributed by atoms with E-state index < -0.39 is 6.10 Å². The Hall–Kier alpha value is -1.57. The molecular formula is C17H23N5OS. The van der Waals surface area contributed by atoms with Gasteiger partial charge >= 0.3 is 0 Å². The van der Waals surface area contributed by atoms with Crippen LogP contribution in [-0.4, -0.2) is 50.2 Å². The molecule has 1 aliphatic heterocycles. The maximum absolute atomic E-state index is 10.5. The van der Waals surface area contributed by atoms with E-state index in [1.807, 2.05) is 11.3 Å². The van der Waals surface area contributed by atoms with E-state index in [2.05, 4.69) is 20.2 Å². The van der Waals surface area contributed by atoms with Gasteiger partial charge in [-0.3, -0.25) is 4.90 Å². The molecule has 1 saturated heterocycles. The molecule has 6 nitrogen and oxygen atoms in total. The van der Waals surface area contributed by atoms with Crippen LogP contribution in [-0.2, 0) is 19.4 Å². The highest BCUT2D eigenvalue weighted by Crippen LogP contribution is 2.28. The lowest BCUT2D eigenvalue weighted by atomic mass is 10.0. The fourth-order valence-corrected chi connectivity index (χ4v) is 4.71. The van der Waals surface area contributed by atoms with Gasteiger partial charge in [0.1, 0.15) is 5.01 Å². The minimum atomic E-state index is -0.419. The normalized spacial score (nSPS) is 24.5. The Bertz CT molecular complexity index is 653. The van der Waals surface area contributed by atoms with Crippen molar-refractivity contribution in [2.75, 3.05) is 18.4 Å². The molecule has 128 valence electrons. The van der Waals surface area contributed by atoms with Gasteiger partial charge in [-0.1, -0.05) is 0 Å². The summed E-state index contributed by atoms with van der Waals surface area (Å²) in [6, 6.07) is 1.80. The summed E-state index contributed by atoms with van der Waals surface area (Å²) >= 11 is 1.86. The number of nitrogens with one attached hydrogen (secondary N) is 1. The maximum atomic E-state index is 10.5. The molecule has 0 spiro atoms. The number of piperidine rings is 1. The van der Waals surface area contributed by atoms with Crippen LogP contribution in [0.4, 0.5) is 5.95 Å². The third-order valence-corrected chi connectivity index (χ3v) is 5.94.